The zero-order valence-electron chi connectivity index (χ0n) is 17.1. The normalized spacial score (nSPS) is 14.6. The van der Waals surface area contributed by atoms with Gasteiger partial charge in [0.05, 0.1) is 39.3 Å². The molecule has 0 fully saturated rings. The number of aliphatic hydroxyl groups excluding tert-OH is 2. The van der Waals surface area contributed by atoms with Gasteiger partial charge in [-0.05, 0) is 0 Å². The SMILES string of the molecule is CC(=O)OC[C@H](COP(=O)(O)OCC(COC(=O)CCO)OC(=O)CCO)OC(C)=O. The highest BCUT2D eigenvalue weighted by atomic mass is 31.2. The molecule has 180 valence electrons. The number of carbonyl (C=O) groups excluding carboxylic acids is 4. The predicted octanol–water partition coefficient (Wildman–Crippen LogP) is -1.17. The van der Waals surface area contributed by atoms with Gasteiger partial charge in [0.1, 0.15) is 13.2 Å². The maximum Gasteiger partial charge on any atom is 0.472 e. The van der Waals surface area contributed by atoms with Crippen molar-refractivity contribution in [3.05, 3.63) is 0 Å². The number of rotatable bonds is 16. The molecule has 0 radical (unpaired) electrons. The van der Waals surface area contributed by atoms with E-state index in [1.807, 2.05) is 0 Å². The number of esters is 4. The lowest BCUT2D eigenvalue weighted by molar-refractivity contribution is -0.162. The Kier molecular flexibility index (Phi) is 14.6. The van der Waals surface area contributed by atoms with Crippen LogP contribution >= 0.6 is 7.82 Å². The molecule has 0 aromatic heterocycles. The number of phosphoric ester groups is 1. The number of hydrogen-bond acceptors (Lipinski definition) is 13. The van der Waals surface area contributed by atoms with Crippen LogP contribution < -0.4 is 0 Å². The molecular weight excluding hydrogens is 447 g/mol. The highest BCUT2D eigenvalue weighted by Crippen LogP contribution is 2.43. The molecule has 0 saturated carbocycles. The van der Waals surface area contributed by atoms with Gasteiger partial charge in [0.2, 0.25) is 0 Å². The van der Waals surface area contributed by atoms with E-state index in [1.165, 1.54) is 0 Å². The van der Waals surface area contributed by atoms with Crippen molar-refractivity contribution in [2.45, 2.75) is 38.9 Å². The Morgan fingerprint density at radius 3 is 1.71 bits per heavy atom. The van der Waals surface area contributed by atoms with E-state index in [0.29, 0.717) is 0 Å². The summed E-state index contributed by atoms with van der Waals surface area (Å²) in [7, 11) is -4.76. The number of carbonyl (C=O) groups is 4. The van der Waals surface area contributed by atoms with E-state index in [9.17, 15) is 28.6 Å². The molecule has 0 rings (SSSR count). The lowest BCUT2D eigenvalue weighted by Crippen LogP contribution is -2.30. The Hall–Kier alpha value is -2.09. The molecule has 15 heteroatoms. The van der Waals surface area contributed by atoms with Gasteiger partial charge in [-0.15, -0.1) is 0 Å². The van der Waals surface area contributed by atoms with Gasteiger partial charge in [-0.3, -0.25) is 28.2 Å². The van der Waals surface area contributed by atoms with E-state index in [1.54, 1.807) is 0 Å². The third-order valence-electron chi connectivity index (χ3n) is 3.01. The third-order valence-corrected chi connectivity index (χ3v) is 3.96. The van der Waals surface area contributed by atoms with Gasteiger partial charge in [-0.25, -0.2) is 4.57 Å². The van der Waals surface area contributed by atoms with Crippen molar-refractivity contribution in [3.8, 4) is 0 Å². The molecule has 3 N–H and O–H groups in total. The fraction of sp³-hybridized carbons (Fsp3) is 0.750. The summed E-state index contributed by atoms with van der Waals surface area (Å²) >= 11 is 0. The Balaban J connectivity index is 4.82. The van der Waals surface area contributed by atoms with Crippen LogP contribution in [0.15, 0.2) is 0 Å². The van der Waals surface area contributed by atoms with Gasteiger partial charge in [-0.1, -0.05) is 0 Å². The van der Waals surface area contributed by atoms with Crippen LogP contribution in [0.1, 0.15) is 26.7 Å². The first kappa shape index (κ1) is 28.9. The van der Waals surface area contributed by atoms with Gasteiger partial charge < -0.3 is 34.1 Å². The zero-order chi connectivity index (χ0) is 23.9. The van der Waals surface area contributed by atoms with Crippen LogP contribution in [0, 0.1) is 0 Å². The van der Waals surface area contributed by atoms with Crippen molar-refractivity contribution < 1.29 is 66.8 Å². The molecule has 14 nitrogen and oxygen atoms in total. The van der Waals surface area contributed by atoms with E-state index in [0.717, 1.165) is 13.8 Å². The second-order valence-corrected chi connectivity index (χ2v) is 7.29. The smallest absolute Gasteiger partial charge is 0.462 e. The van der Waals surface area contributed by atoms with Crippen molar-refractivity contribution in [2.75, 3.05) is 39.6 Å². The van der Waals surface area contributed by atoms with E-state index >= 15 is 0 Å². The van der Waals surface area contributed by atoms with Gasteiger partial charge in [0, 0.05) is 13.8 Å². The second kappa shape index (κ2) is 15.7. The topological polar surface area (TPSA) is 201 Å². The minimum atomic E-state index is -4.76. The summed E-state index contributed by atoms with van der Waals surface area (Å²) < 4.78 is 40.5. The Bertz CT molecular complexity index is 636. The summed E-state index contributed by atoms with van der Waals surface area (Å²) in [5.74, 6) is -3.14. The standard InChI is InChI=1S/C16H27O14P/c1-11(19)25-7-13(29-12(2)20)9-27-31(23,24)28-10-14(30-16(22)4-6-18)8-26-15(21)3-5-17/h13-14,17-18H,3-10H2,1-2H3,(H,23,24)/t13-,14?/m1/s1. The van der Waals surface area contributed by atoms with Crippen LogP contribution in [-0.2, 0) is 51.7 Å². The van der Waals surface area contributed by atoms with Crippen molar-refractivity contribution in [3.63, 3.8) is 0 Å². The average Bonchev–Trinajstić information content (AvgIpc) is 2.66. The summed E-state index contributed by atoms with van der Waals surface area (Å²) in [5.41, 5.74) is 0. The minimum Gasteiger partial charge on any atom is -0.462 e. The van der Waals surface area contributed by atoms with Gasteiger partial charge in [0.25, 0.3) is 0 Å². The first-order valence-electron chi connectivity index (χ1n) is 8.98. The van der Waals surface area contributed by atoms with Gasteiger partial charge in [-0.2, -0.15) is 0 Å². The van der Waals surface area contributed by atoms with E-state index < -0.39 is 83.5 Å². The maximum absolute atomic E-state index is 12.0. The van der Waals surface area contributed by atoms with Crippen LogP contribution in [0.2, 0.25) is 0 Å². The molecule has 2 unspecified atom stereocenters. The molecule has 0 spiro atoms. The van der Waals surface area contributed by atoms with Crippen molar-refractivity contribution in [1.82, 2.24) is 0 Å². The molecule has 31 heavy (non-hydrogen) atoms. The van der Waals surface area contributed by atoms with Crippen molar-refractivity contribution >= 4 is 31.7 Å². The summed E-state index contributed by atoms with van der Waals surface area (Å²) in [5, 5.41) is 17.4. The van der Waals surface area contributed by atoms with E-state index in [-0.39, 0.29) is 12.8 Å². The van der Waals surface area contributed by atoms with Crippen molar-refractivity contribution in [1.29, 1.82) is 0 Å². The fourth-order valence-electron chi connectivity index (χ4n) is 1.75. The van der Waals surface area contributed by atoms with Crippen LogP contribution in [0.25, 0.3) is 0 Å². The molecule has 0 aromatic rings. The number of phosphoric acid groups is 1. The lowest BCUT2D eigenvalue weighted by atomic mass is 10.4. The van der Waals surface area contributed by atoms with Gasteiger partial charge >= 0.3 is 31.7 Å². The molecule has 0 bridgehead atoms. The minimum absolute atomic E-state index is 0.320. The van der Waals surface area contributed by atoms with Crippen LogP contribution in [0.4, 0.5) is 0 Å². The zero-order valence-corrected chi connectivity index (χ0v) is 18.0. The number of ether oxygens (including phenoxy) is 4. The molecule has 0 aliphatic heterocycles. The van der Waals surface area contributed by atoms with Gasteiger partial charge in [0.15, 0.2) is 12.2 Å². The summed E-state index contributed by atoms with van der Waals surface area (Å²) in [6.07, 6.45) is -3.21. The molecule has 0 amide bonds. The van der Waals surface area contributed by atoms with Crippen LogP contribution in [-0.4, -0.2) is 90.8 Å². The summed E-state index contributed by atoms with van der Waals surface area (Å²) in [4.78, 5) is 54.5. The highest BCUT2D eigenvalue weighted by Gasteiger charge is 2.28. The fourth-order valence-corrected chi connectivity index (χ4v) is 2.54. The quantitative estimate of drug-likeness (QED) is 0.137. The molecule has 0 aliphatic rings. The number of aliphatic hydroxyl groups is 2. The Morgan fingerprint density at radius 2 is 1.23 bits per heavy atom. The summed E-state index contributed by atoms with van der Waals surface area (Å²) in [6.45, 7) is -1.20. The Morgan fingerprint density at radius 1 is 0.742 bits per heavy atom. The molecule has 3 atom stereocenters. The molecule has 0 aromatic carbocycles. The highest BCUT2D eigenvalue weighted by molar-refractivity contribution is 7.47. The molecule has 0 aliphatic carbocycles. The lowest BCUT2D eigenvalue weighted by Gasteiger charge is -2.21. The van der Waals surface area contributed by atoms with E-state index in [4.69, 9.17) is 33.5 Å². The first-order valence-corrected chi connectivity index (χ1v) is 10.5. The molecule has 0 heterocycles. The predicted molar refractivity (Wildman–Crippen MR) is 98.2 cm³/mol. The molecule has 0 saturated heterocycles. The average molecular weight is 474 g/mol. The van der Waals surface area contributed by atoms with Crippen molar-refractivity contribution in [2.24, 2.45) is 0 Å². The van der Waals surface area contributed by atoms with Crippen LogP contribution in [0.5, 0.6) is 0 Å². The largest absolute Gasteiger partial charge is 0.472 e. The maximum atomic E-state index is 12.0. The number of hydrogen-bond donors (Lipinski definition) is 3. The van der Waals surface area contributed by atoms with Crippen LogP contribution in [0.3, 0.4) is 0 Å². The first-order chi connectivity index (χ1) is 14.5. The summed E-state index contributed by atoms with van der Waals surface area (Å²) in [6, 6.07) is 0. The molecular formula is C16H27O14P. The Labute approximate surface area is 177 Å². The third kappa shape index (κ3) is 16.3. The second-order valence-electron chi connectivity index (χ2n) is 5.84. The monoisotopic (exact) mass is 474 g/mol. The van der Waals surface area contributed by atoms with E-state index in [2.05, 4.69) is 4.74 Å².